The lowest BCUT2D eigenvalue weighted by Gasteiger charge is -2.34. The van der Waals surface area contributed by atoms with E-state index in [1.165, 1.54) is 18.2 Å². The van der Waals surface area contributed by atoms with E-state index >= 15 is 0 Å². The van der Waals surface area contributed by atoms with Crippen molar-refractivity contribution < 1.29 is 18.7 Å². The molecule has 0 saturated carbocycles. The van der Waals surface area contributed by atoms with Crippen LogP contribution in [0, 0.1) is 18.7 Å². The molecule has 3 amide bonds. The van der Waals surface area contributed by atoms with Crippen LogP contribution < -0.4 is 15.4 Å². The van der Waals surface area contributed by atoms with Crippen LogP contribution in [0.2, 0.25) is 0 Å². The van der Waals surface area contributed by atoms with Gasteiger partial charge >= 0.3 is 6.03 Å². The predicted molar refractivity (Wildman–Crippen MR) is 122 cm³/mol. The number of rotatable bonds is 6. The van der Waals surface area contributed by atoms with Crippen LogP contribution in [0.3, 0.4) is 0 Å². The van der Waals surface area contributed by atoms with E-state index in [4.69, 9.17) is 4.74 Å². The molecule has 0 bridgehead atoms. The minimum absolute atomic E-state index is 0.120. The maximum atomic E-state index is 13.2. The third kappa shape index (κ3) is 6.69. The topological polar surface area (TPSA) is 70.7 Å². The summed E-state index contributed by atoms with van der Waals surface area (Å²) in [4.78, 5) is 26.8. The number of hydrogen-bond acceptors (Lipinski definition) is 3. The van der Waals surface area contributed by atoms with Gasteiger partial charge in [-0.15, -0.1) is 0 Å². The number of likely N-dealkylation sites (tertiary alicyclic amines) is 1. The van der Waals surface area contributed by atoms with E-state index in [1.54, 1.807) is 11.8 Å². The monoisotopic (exact) mass is 491 g/mol. The average molecular weight is 492 g/mol. The summed E-state index contributed by atoms with van der Waals surface area (Å²) in [7, 11) is 0. The third-order valence-corrected chi connectivity index (χ3v) is 5.86. The van der Waals surface area contributed by atoms with Crippen molar-refractivity contribution in [1.29, 1.82) is 0 Å². The first kappa shape index (κ1) is 23.1. The summed E-state index contributed by atoms with van der Waals surface area (Å²) < 4.78 is 19.5. The highest BCUT2D eigenvalue weighted by Gasteiger charge is 2.28. The van der Waals surface area contributed by atoms with E-state index in [1.807, 2.05) is 31.2 Å². The van der Waals surface area contributed by atoms with Crippen LogP contribution in [0.15, 0.2) is 46.9 Å². The van der Waals surface area contributed by atoms with Crippen molar-refractivity contribution in [2.45, 2.75) is 32.8 Å². The lowest BCUT2D eigenvalue weighted by Crippen LogP contribution is -2.48. The second-order valence-corrected chi connectivity index (χ2v) is 8.68. The highest BCUT2D eigenvalue weighted by Crippen LogP contribution is 2.27. The number of carbonyl (C=O) groups excluding carboxylic acids is 2. The van der Waals surface area contributed by atoms with Gasteiger partial charge in [-0.2, -0.15) is 0 Å². The Labute approximate surface area is 190 Å². The van der Waals surface area contributed by atoms with Crippen LogP contribution in [-0.2, 0) is 4.79 Å². The number of benzene rings is 2. The molecular formula is C23H27BrFN3O3. The molecule has 2 aromatic carbocycles. The Bertz CT molecular complexity index is 923. The lowest BCUT2D eigenvalue weighted by atomic mass is 9.97. The number of carbonyl (C=O) groups is 2. The molecule has 2 N–H and O–H groups in total. The van der Waals surface area contributed by atoms with E-state index in [9.17, 15) is 14.0 Å². The lowest BCUT2D eigenvalue weighted by molar-refractivity contribution is -0.139. The maximum absolute atomic E-state index is 13.2. The van der Waals surface area contributed by atoms with Gasteiger partial charge in [0, 0.05) is 25.3 Å². The molecule has 31 heavy (non-hydrogen) atoms. The fraction of sp³-hybridized carbons (Fsp3) is 0.391. The summed E-state index contributed by atoms with van der Waals surface area (Å²) in [6, 6.07) is 11.4. The summed E-state index contributed by atoms with van der Waals surface area (Å²) >= 11 is 3.26. The van der Waals surface area contributed by atoms with E-state index in [0.29, 0.717) is 29.9 Å². The van der Waals surface area contributed by atoms with Crippen LogP contribution in [0.4, 0.5) is 14.9 Å². The molecule has 3 rings (SSSR count). The van der Waals surface area contributed by atoms with Gasteiger partial charge in [0.25, 0.3) is 5.91 Å². The number of piperidine rings is 1. The summed E-state index contributed by atoms with van der Waals surface area (Å²) in [5, 5.41) is 5.71. The molecule has 0 aliphatic carbocycles. The Morgan fingerprint density at radius 2 is 2.00 bits per heavy atom. The first-order valence-corrected chi connectivity index (χ1v) is 11.1. The van der Waals surface area contributed by atoms with E-state index in [0.717, 1.165) is 24.1 Å². The largest absolute Gasteiger partial charge is 0.480 e. The number of aryl methyl sites for hydroxylation is 1. The molecule has 1 saturated heterocycles. The fourth-order valence-corrected chi connectivity index (χ4v) is 3.99. The van der Waals surface area contributed by atoms with Gasteiger partial charge in [0.1, 0.15) is 11.6 Å². The van der Waals surface area contributed by atoms with Crippen LogP contribution in [0.25, 0.3) is 0 Å². The number of nitrogens with one attached hydrogen (secondary N) is 2. The Kier molecular flexibility index (Phi) is 7.90. The molecule has 0 unspecified atom stereocenters. The zero-order valence-corrected chi connectivity index (χ0v) is 19.2. The molecule has 1 aliphatic heterocycles. The summed E-state index contributed by atoms with van der Waals surface area (Å²) in [5.74, 6) is 0.0949. The smallest absolute Gasteiger partial charge is 0.319 e. The molecular weight excluding hydrogens is 465 g/mol. The van der Waals surface area contributed by atoms with Gasteiger partial charge in [-0.3, -0.25) is 4.79 Å². The molecule has 1 fully saturated rings. The first-order valence-electron chi connectivity index (χ1n) is 10.3. The summed E-state index contributed by atoms with van der Waals surface area (Å²) in [6.07, 6.45) is 1.11. The second-order valence-electron chi connectivity index (χ2n) is 7.83. The van der Waals surface area contributed by atoms with Crippen molar-refractivity contribution in [2.24, 2.45) is 5.92 Å². The third-order valence-electron chi connectivity index (χ3n) is 5.24. The van der Waals surface area contributed by atoms with E-state index in [2.05, 4.69) is 26.6 Å². The number of nitrogens with zero attached hydrogens (tertiary/aromatic N) is 1. The van der Waals surface area contributed by atoms with Gasteiger partial charge in [-0.25, -0.2) is 9.18 Å². The molecule has 8 heteroatoms. The standard InChI is InChI=1S/C23H27BrFN3O3/c1-15-5-8-19(9-6-15)27-23(30)26-13-17-4-3-11-28(14-17)22(29)16(2)31-21-10-7-18(25)12-20(21)24/h5-10,12,16-17H,3-4,11,13-14H2,1-2H3,(H2,26,27,30)/t16-,17-/m0/s1. The Hall–Kier alpha value is -2.61. The van der Waals surface area contributed by atoms with E-state index < -0.39 is 6.10 Å². The number of amides is 3. The minimum atomic E-state index is -0.696. The van der Waals surface area contributed by atoms with E-state index in [-0.39, 0.29) is 23.7 Å². The van der Waals surface area contributed by atoms with Crippen LogP contribution in [0.1, 0.15) is 25.3 Å². The normalized spacial score (nSPS) is 17.0. The second kappa shape index (κ2) is 10.6. The molecule has 0 radical (unpaired) electrons. The van der Waals surface area contributed by atoms with Crippen molar-refractivity contribution in [3.05, 3.63) is 58.3 Å². The van der Waals surface area contributed by atoms with Crippen LogP contribution in [-0.4, -0.2) is 42.6 Å². The number of anilines is 1. The summed E-state index contributed by atoms with van der Waals surface area (Å²) in [5.41, 5.74) is 1.87. The van der Waals surface area contributed by atoms with Crippen molar-refractivity contribution in [3.63, 3.8) is 0 Å². The highest BCUT2D eigenvalue weighted by molar-refractivity contribution is 9.10. The summed E-state index contributed by atoms with van der Waals surface area (Å²) in [6.45, 7) is 5.38. The van der Waals surface area contributed by atoms with Gasteiger partial charge in [0.15, 0.2) is 6.10 Å². The first-order chi connectivity index (χ1) is 14.8. The average Bonchev–Trinajstić information content (AvgIpc) is 2.75. The van der Waals surface area contributed by atoms with Crippen molar-refractivity contribution in [3.8, 4) is 5.75 Å². The maximum Gasteiger partial charge on any atom is 0.319 e. The van der Waals surface area contributed by atoms with Crippen LogP contribution >= 0.6 is 15.9 Å². The highest BCUT2D eigenvalue weighted by atomic mass is 79.9. The van der Waals surface area contributed by atoms with Gasteiger partial charge in [0.05, 0.1) is 4.47 Å². The van der Waals surface area contributed by atoms with Gasteiger partial charge < -0.3 is 20.3 Å². The minimum Gasteiger partial charge on any atom is -0.480 e. The van der Waals surface area contributed by atoms with Gasteiger partial charge in [-0.1, -0.05) is 17.7 Å². The van der Waals surface area contributed by atoms with Gasteiger partial charge in [0.2, 0.25) is 0 Å². The molecule has 2 atom stereocenters. The number of hydrogen-bond donors (Lipinski definition) is 2. The number of halogens is 2. The zero-order chi connectivity index (χ0) is 22.4. The molecule has 6 nitrogen and oxygen atoms in total. The van der Waals surface area contributed by atoms with Crippen molar-refractivity contribution in [1.82, 2.24) is 10.2 Å². The number of urea groups is 1. The molecule has 1 aliphatic rings. The Morgan fingerprint density at radius 1 is 1.26 bits per heavy atom. The van der Waals surface area contributed by atoms with Crippen molar-refractivity contribution in [2.75, 3.05) is 25.0 Å². The van der Waals surface area contributed by atoms with Crippen molar-refractivity contribution >= 4 is 33.6 Å². The van der Waals surface area contributed by atoms with Crippen LogP contribution in [0.5, 0.6) is 5.75 Å². The zero-order valence-electron chi connectivity index (χ0n) is 17.7. The quantitative estimate of drug-likeness (QED) is 0.613. The SMILES string of the molecule is Cc1ccc(NC(=O)NC[C@@H]2CCCN(C(=O)[C@H](C)Oc3ccc(F)cc3Br)C2)cc1. The molecule has 1 heterocycles. The molecule has 0 spiro atoms. The Morgan fingerprint density at radius 3 is 2.71 bits per heavy atom. The molecule has 2 aromatic rings. The fourth-order valence-electron chi connectivity index (χ4n) is 3.55. The Balaban J connectivity index is 1.48. The number of ether oxygens (including phenoxy) is 1. The molecule has 166 valence electrons. The molecule has 0 aromatic heterocycles. The van der Waals surface area contributed by atoms with Gasteiger partial charge in [-0.05, 0) is 78.9 Å². The predicted octanol–water partition coefficient (Wildman–Crippen LogP) is 4.72.